The van der Waals surface area contributed by atoms with E-state index in [2.05, 4.69) is 23.7 Å². The van der Waals surface area contributed by atoms with Crippen molar-refractivity contribution in [1.82, 2.24) is 19.4 Å². The summed E-state index contributed by atoms with van der Waals surface area (Å²) in [5.41, 5.74) is 3.23. The number of aromatic nitrogens is 2. The van der Waals surface area contributed by atoms with Gasteiger partial charge in [-0.3, -0.25) is 9.59 Å². The minimum Gasteiger partial charge on any atom is -0.336 e. The summed E-state index contributed by atoms with van der Waals surface area (Å²) >= 11 is 0. The molecule has 5 rings (SSSR count). The van der Waals surface area contributed by atoms with E-state index in [1.807, 2.05) is 28.8 Å². The van der Waals surface area contributed by atoms with Gasteiger partial charge in [0.1, 0.15) is 12.4 Å². The van der Waals surface area contributed by atoms with Crippen LogP contribution in [0.1, 0.15) is 54.0 Å². The van der Waals surface area contributed by atoms with Crippen molar-refractivity contribution in [2.24, 2.45) is 0 Å². The molecule has 1 heterocycles. The average Bonchev–Trinajstić information content (AvgIpc) is 3.57. The largest absolute Gasteiger partial charge is 0.416 e. The van der Waals surface area contributed by atoms with Crippen molar-refractivity contribution in [3.8, 4) is 11.1 Å². The van der Waals surface area contributed by atoms with Gasteiger partial charge < -0.3 is 14.4 Å². The lowest BCUT2D eigenvalue weighted by Gasteiger charge is -2.28. The van der Waals surface area contributed by atoms with E-state index in [1.54, 1.807) is 4.90 Å². The van der Waals surface area contributed by atoms with Crippen LogP contribution in [0.3, 0.4) is 0 Å². The summed E-state index contributed by atoms with van der Waals surface area (Å²) < 4.78 is 68.3. The van der Waals surface area contributed by atoms with Crippen molar-refractivity contribution < 1.29 is 26.7 Å². The van der Waals surface area contributed by atoms with E-state index in [1.165, 1.54) is 18.2 Å². The molecule has 1 aliphatic carbocycles. The second-order valence-electron chi connectivity index (χ2n) is 12.1. The maximum atomic E-state index is 14.1. The smallest absolute Gasteiger partial charge is 0.336 e. The van der Waals surface area contributed by atoms with Gasteiger partial charge in [0, 0.05) is 37.3 Å². The molecule has 48 heavy (non-hydrogen) atoms. The van der Waals surface area contributed by atoms with Crippen LogP contribution in [0.25, 0.3) is 11.1 Å². The number of carbonyl (C=O) groups is 1. The lowest BCUT2D eigenvalue weighted by molar-refractivity contribution is -0.137. The molecule has 0 atom stereocenters. The molecule has 0 spiro atoms. The summed E-state index contributed by atoms with van der Waals surface area (Å²) in [4.78, 5) is 35.4. The zero-order chi connectivity index (χ0) is 34.4. The van der Waals surface area contributed by atoms with E-state index in [4.69, 9.17) is 0 Å². The number of amides is 1. The van der Waals surface area contributed by atoms with E-state index in [9.17, 15) is 31.5 Å². The van der Waals surface area contributed by atoms with Crippen LogP contribution in [0.5, 0.6) is 0 Å². The summed E-state index contributed by atoms with van der Waals surface area (Å²) in [7, 11) is 0. The fraction of sp³-hybridized carbons (Fsp3) is 0.378. The zero-order valence-electron chi connectivity index (χ0n) is 27.1. The third kappa shape index (κ3) is 8.36. The molecule has 0 bridgehead atoms. The average molecular weight is 667 g/mol. The molecule has 1 aliphatic rings. The second-order valence-corrected chi connectivity index (χ2v) is 12.1. The van der Waals surface area contributed by atoms with Gasteiger partial charge in [-0.05, 0) is 85.3 Å². The van der Waals surface area contributed by atoms with Crippen LogP contribution in [-0.4, -0.2) is 51.4 Å². The Hall–Kier alpha value is -4.38. The van der Waals surface area contributed by atoms with Gasteiger partial charge in [0.15, 0.2) is 11.6 Å². The molecular formula is C37H39F5N4O2. The highest BCUT2D eigenvalue weighted by molar-refractivity contribution is 5.76. The molecule has 0 aliphatic heterocycles. The van der Waals surface area contributed by atoms with Crippen LogP contribution in [0.4, 0.5) is 22.0 Å². The fourth-order valence-electron chi connectivity index (χ4n) is 6.19. The summed E-state index contributed by atoms with van der Waals surface area (Å²) in [5.74, 6) is -1.60. The Bertz CT molecular complexity index is 1780. The number of aryl methyl sites for hydroxylation is 2. The first kappa shape index (κ1) is 34.9. The van der Waals surface area contributed by atoms with Gasteiger partial charge in [0.05, 0.1) is 5.56 Å². The van der Waals surface area contributed by atoms with E-state index >= 15 is 0 Å². The van der Waals surface area contributed by atoms with Crippen LogP contribution in [-0.2, 0) is 49.7 Å². The number of benzene rings is 3. The SMILES string of the molecule is CCN(CC)CCN(Cc1ccc(-c2ccc(C(F)(F)F)cc2)cc1)C(=O)Cn1c(CCc2ccc(F)c(F)c2)nc(=O)c2c1CCC2. The third-order valence-electron chi connectivity index (χ3n) is 9.04. The second kappa shape index (κ2) is 15.2. The molecule has 1 aromatic heterocycles. The topological polar surface area (TPSA) is 58.4 Å². The van der Waals surface area contributed by atoms with Crippen molar-refractivity contribution in [3.05, 3.63) is 122 Å². The molecule has 3 aromatic carbocycles. The van der Waals surface area contributed by atoms with Crippen LogP contribution in [0, 0.1) is 11.6 Å². The summed E-state index contributed by atoms with van der Waals surface area (Å²) in [5, 5.41) is 0. The van der Waals surface area contributed by atoms with Crippen LogP contribution in [0.2, 0.25) is 0 Å². The van der Waals surface area contributed by atoms with E-state index < -0.39 is 23.4 Å². The number of hydrogen-bond donors (Lipinski definition) is 0. The first-order chi connectivity index (χ1) is 23.0. The molecule has 11 heteroatoms. The number of likely N-dealkylation sites (N-methyl/N-ethyl adjacent to an activating group) is 1. The zero-order valence-corrected chi connectivity index (χ0v) is 27.1. The number of nitrogens with zero attached hydrogens (tertiary/aromatic N) is 4. The molecule has 0 saturated heterocycles. The Morgan fingerprint density at radius 3 is 2.10 bits per heavy atom. The van der Waals surface area contributed by atoms with Crippen molar-refractivity contribution in [2.75, 3.05) is 26.2 Å². The Labute approximate surface area is 276 Å². The summed E-state index contributed by atoms with van der Waals surface area (Å²) in [6.07, 6.45) is -1.81. The number of alkyl halides is 3. The minimum absolute atomic E-state index is 0.0232. The maximum absolute atomic E-state index is 14.1. The number of rotatable bonds is 13. The first-order valence-electron chi connectivity index (χ1n) is 16.3. The van der Waals surface area contributed by atoms with Gasteiger partial charge in [-0.15, -0.1) is 0 Å². The third-order valence-corrected chi connectivity index (χ3v) is 9.04. The predicted octanol–water partition coefficient (Wildman–Crippen LogP) is 6.85. The number of halogens is 5. The lowest BCUT2D eigenvalue weighted by Crippen LogP contribution is -2.40. The molecule has 6 nitrogen and oxygen atoms in total. The molecule has 4 aromatic rings. The van der Waals surface area contributed by atoms with Gasteiger partial charge in [-0.2, -0.15) is 18.2 Å². The normalized spacial score (nSPS) is 12.8. The molecule has 0 N–H and O–H groups in total. The van der Waals surface area contributed by atoms with Crippen LogP contribution >= 0.6 is 0 Å². The van der Waals surface area contributed by atoms with Gasteiger partial charge in [0.25, 0.3) is 5.56 Å². The molecule has 0 radical (unpaired) electrons. The number of fused-ring (bicyclic) bond motifs is 1. The summed E-state index contributed by atoms with van der Waals surface area (Å²) in [6.45, 7) is 7.18. The van der Waals surface area contributed by atoms with Crippen molar-refractivity contribution in [3.63, 3.8) is 0 Å². The highest BCUT2D eigenvalue weighted by atomic mass is 19.4. The highest BCUT2D eigenvalue weighted by Crippen LogP contribution is 2.31. The van der Waals surface area contributed by atoms with E-state index in [-0.39, 0.29) is 24.4 Å². The maximum Gasteiger partial charge on any atom is 0.416 e. The van der Waals surface area contributed by atoms with Crippen molar-refractivity contribution in [1.29, 1.82) is 0 Å². The standard InChI is InChI=1S/C37H39F5N4O2/c1-3-44(4-2)20-21-45(23-26-8-12-27(13-9-26)28-14-16-29(17-15-28)37(40,41)42)35(47)24-46-33-7-5-6-30(33)36(48)43-34(46)19-11-25-10-18-31(38)32(39)22-25/h8-10,12-18,22H,3-7,11,19-21,23-24H2,1-2H3. The molecule has 0 saturated carbocycles. The molecule has 0 unspecified atom stereocenters. The van der Waals surface area contributed by atoms with Gasteiger partial charge in [-0.1, -0.05) is 56.3 Å². The Morgan fingerprint density at radius 1 is 0.833 bits per heavy atom. The molecule has 0 fully saturated rings. The Balaban J connectivity index is 1.38. The lowest BCUT2D eigenvalue weighted by atomic mass is 10.0. The van der Waals surface area contributed by atoms with Gasteiger partial charge in [0.2, 0.25) is 5.91 Å². The van der Waals surface area contributed by atoms with Gasteiger partial charge in [-0.25, -0.2) is 8.78 Å². The number of hydrogen-bond acceptors (Lipinski definition) is 4. The van der Waals surface area contributed by atoms with Crippen molar-refractivity contribution >= 4 is 5.91 Å². The van der Waals surface area contributed by atoms with Crippen LogP contribution in [0.15, 0.2) is 71.5 Å². The van der Waals surface area contributed by atoms with E-state index in [0.717, 1.165) is 60.6 Å². The first-order valence-corrected chi connectivity index (χ1v) is 16.3. The van der Waals surface area contributed by atoms with Crippen LogP contribution < -0.4 is 5.56 Å². The Kier molecular flexibility index (Phi) is 11.1. The molecule has 254 valence electrons. The fourth-order valence-corrected chi connectivity index (χ4v) is 6.19. The molecule has 1 amide bonds. The minimum atomic E-state index is -4.41. The molecular weight excluding hydrogens is 627 g/mol. The predicted molar refractivity (Wildman–Crippen MR) is 174 cm³/mol. The monoisotopic (exact) mass is 666 g/mol. The quantitative estimate of drug-likeness (QED) is 0.147. The van der Waals surface area contributed by atoms with Gasteiger partial charge >= 0.3 is 6.18 Å². The Morgan fingerprint density at radius 2 is 1.48 bits per heavy atom. The van der Waals surface area contributed by atoms with E-state index in [0.29, 0.717) is 61.4 Å². The number of carbonyl (C=O) groups excluding carboxylic acids is 1. The summed E-state index contributed by atoms with van der Waals surface area (Å²) in [6, 6.07) is 16.1. The highest BCUT2D eigenvalue weighted by Gasteiger charge is 2.30. The van der Waals surface area contributed by atoms with Crippen molar-refractivity contribution in [2.45, 2.75) is 65.2 Å².